The van der Waals surface area contributed by atoms with Crippen LogP contribution in [-0.2, 0) is 13.6 Å². The second kappa shape index (κ2) is 5.75. The summed E-state index contributed by atoms with van der Waals surface area (Å²) >= 11 is 0. The number of carbonyl (C=O) groups is 1. The first-order valence-corrected chi connectivity index (χ1v) is 6.32. The molecule has 3 N–H and O–H groups in total. The van der Waals surface area contributed by atoms with E-state index in [9.17, 15) is 4.79 Å². The summed E-state index contributed by atoms with van der Waals surface area (Å²) in [6, 6.07) is 7.41. The molecule has 0 saturated heterocycles. The van der Waals surface area contributed by atoms with Crippen LogP contribution in [0.3, 0.4) is 0 Å². The molecule has 20 heavy (non-hydrogen) atoms. The number of aryl methyl sites for hydroxylation is 1. The molecule has 1 amide bonds. The number of rotatable bonds is 4. The van der Waals surface area contributed by atoms with Crippen LogP contribution in [0.15, 0.2) is 30.5 Å². The Hall–Kier alpha value is -2.34. The third kappa shape index (κ3) is 2.97. The monoisotopic (exact) mass is 273 g/mol. The van der Waals surface area contributed by atoms with Gasteiger partial charge >= 0.3 is 0 Å². The van der Waals surface area contributed by atoms with E-state index in [0.29, 0.717) is 17.9 Å². The van der Waals surface area contributed by atoms with Crippen molar-refractivity contribution in [1.82, 2.24) is 9.78 Å². The second-order valence-corrected chi connectivity index (χ2v) is 4.78. The van der Waals surface area contributed by atoms with Crippen LogP contribution in [0.2, 0.25) is 0 Å². The maximum atomic E-state index is 12.2. The van der Waals surface area contributed by atoms with Gasteiger partial charge in [-0.3, -0.25) is 9.48 Å². The lowest BCUT2D eigenvalue weighted by molar-refractivity contribution is 0.102. The zero-order valence-electron chi connectivity index (χ0n) is 11.9. The van der Waals surface area contributed by atoms with Gasteiger partial charge in [0.25, 0.3) is 5.91 Å². The van der Waals surface area contributed by atoms with Gasteiger partial charge in [-0.25, -0.2) is 0 Å². The molecule has 6 nitrogen and oxygen atoms in total. The summed E-state index contributed by atoms with van der Waals surface area (Å²) < 4.78 is 1.63. The molecule has 106 valence electrons. The van der Waals surface area contributed by atoms with Crippen LogP contribution in [0.4, 0.5) is 11.5 Å². The predicted molar refractivity (Wildman–Crippen MR) is 79.8 cm³/mol. The lowest BCUT2D eigenvalue weighted by atomic mass is 10.2. The van der Waals surface area contributed by atoms with Crippen LogP contribution < -0.4 is 16.0 Å². The molecular formula is C14H19N5O. The van der Waals surface area contributed by atoms with E-state index in [0.717, 1.165) is 11.3 Å². The summed E-state index contributed by atoms with van der Waals surface area (Å²) in [7, 11) is 5.66. The van der Waals surface area contributed by atoms with Gasteiger partial charge in [-0.2, -0.15) is 5.10 Å². The van der Waals surface area contributed by atoms with E-state index in [4.69, 9.17) is 5.73 Å². The molecule has 6 heteroatoms. The molecule has 0 spiro atoms. The number of benzene rings is 1. The summed E-state index contributed by atoms with van der Waals surface area (Å²) in [5.41, 5.74) is 8.00. The lowest BCUT2D eigenvalue weighted by Gasteiger charge is -2.13. The quantitative estimate of drug-likeness (QED) is 0.877. The predicted octanol–water partition coefficient (Wildman–Crippen LogP) is 1.20. The molecule has 1 heterocycles. The van der Waals surface area contributed by atoms with E-state index in [1.807, 2.05) is 37.2 Å². The van der Waals surface area contributed by atoms with E-state index in [1.54, 1.807) is 24.0 Å². The van der Waals surface area contributed by atoms with Crippen LogP contribution >= 0.6 is 0 Å². The molecular weight excluding hydrogens is 254 g/mol. The van der Waals surface area contributed by atoms with Crippen molar-refractivity contribution in [2.24, 2.45) is 12.8 Å². The number of hydrogen-bond donors (Lipinski definition) is 2. The molecule has 0 saturated carbocycles. The zero-order chi connectivity index (χ0) is 14.7. The number of hydrogen-bond acceptors (Lipinski definition) is 4. The maximum Gasteiger partial charge on any atom is 0.256 e. The van der Waals surface area contributed by atoms with Crippen LogP contribution in [0.25, 0.3) is 0 Å². The lowest BCUT2D eigenvalue weighted by Crippen LogP contribution is -2.15. The van der Waals surface area contributed by atoms with Crippen LogP contribution in [-0.4, -0.2) is 29.8 Å². The van der Waals surface area contributed by atoms with Crippen LogP contribution in [0.5, 0.6) is 0 Å². The molecule has 2 rings (SSSR count). The van der Waals surface area contributed by atoms with E-state index in [1.165, 1.54) is 0 Å². The number of anilines is 2. The Labute approximate surface area is 118 Å². The van der Waals surface area contributed by atoms with Crippen molar-refractivity contribution in [3.8, 4) is 0 Å². The Balaban J connectivity index is 2.21. The summed E-state index contributed by atoms with van der Waals surface area (Å²) in [5.74, 6) is 0.317. The number of nitrogens with two attached hydrogens (primary N) is 1. The minimum absolute atomic E-state index is 0.192. The third-order valence-corrected chi connectivity index (χ3v) is 2.98. The smallest absolute Gasteiger partial charge is 0.256 e. The molecule has 0 aliphatic rings. The summed E-state index contributed by atoms with van der Waals surface area (Å²) in [5, 5.41) is 6.99. The molecule has 0 aliphatic heterocycles. The highest BCUT2D eigenvalue weighted by Crippen LogP contribution is 2.16. The van der Waals surface area contributed by atoms with Gasteiger partial charge in [-0.05, 0) is 18.2 Å². The number of nitrogens with one attached hydrogen (secondary N) is 1. The molecule has 0 radical (unpaired) electrons. The fourth-order valence-electron chi connectivity index (χ4n) is 1.90. The van der Waals surface area contributed by atoms with Crippen molar-refractivity contribution in [3.63, 3.8) is 0 Å². The number of carbonyl (C=O) groups excluding carboxylic acids is 1. The topological polar surface area (TPSA) is 76.2 Å². The minimum Gasteiger partial charge on any atom is -0.378 e. The van der Waals surface area contributed by atoms with Gasteiger partial charge in [-0.15, -0.1) is 0 Å². The highest BCUT2D eigenvalue weighted by Gasteiger charge is 2.12. The fraction of sp³-hybridized carbons (Fsp3) is 0.286. The molecule has 2 aromatic rings. The fourth-order valence-corrected chi connectivity index (χ4v) is 1.90. The standard InChI is InChI=1S/C14H19N5O/c1-18(2)12-6-4-5-10(7-12)14(20)16-13-11(8-15)9-19(3)17-13/h4-7,9H,8,15H2,1-3H3,(H,16,17,20). The maximum absolute atomic E-state index is 12.2. The average Bonchev–Trinajstić information content (AvgIpc) is 2.78. The molecule has 0 atom stereocenters. The number of amides is 1. The molecule has 0 fully saturated rings. The highest BCUT2D eigenvalue weighted by molar-refractivity contribution is 6.04. The molecule has 0 bridgehead atoms. The zero-order valence-corrected chi connectivity index (χ0v) is 11.9. The van der Waals surface area contributed by atoms with Crippen molar-refractivity contribution in [2.75, 3.05) is 24.3 Å². The number of nitrogens with zero attached hydrogens (tertiary/aromatic N) is 3. The molecule has 1 aromatic carbocycles. The average molecular weight is 273 g/mol. The Morgan fingerprint density at radius 2 is 2.20 bits per heavy atom. The first-order chi connectivity index (χ1) is 9.51. The second-order valence-electron chi connectivity index (χ2n) is 4.78. The van der Waals surface area contributed by atoms with Gasteiger partial charge in [0.1, 0.15) is 0 Å². The van der Waals surface area contributed by atoms with Crippen molar-refractivity contribution >= 4 is 17.4 Å². The molecule has 1 aromatic heterocycles. The van der Waals surface area contributed by atoms with Gasteiger partial charge in [0, 0.05) is 50.7 Å². The van der Waals surface area contributed by atoms with E-state index in [-0.39, 0.29) is 5.91 Å². The van der Waals surface area contributed by atoms with E-state index >= 15 is 0 Å². The Morgan fingerprint density at radius 1 is 1.45 bits per heavy atom. The Morgan fingerprint density at radius 3 is 2.85 bits per heavy atom. The SMILES string of the molecule is CN(C)c1cccc(C(=O)Nc2nn(C)cc2CN)c1. The highest BCUT2D eigenvalue weighted by atomic mass is 16.1. The van der Waals surface area contributed by atoms with Gasteiger partial charge < -0.3 is 16.0 Å². The summed E-state index contributed by atoms with van der Waals surface area (Å²) in [6.07, 6.45) is 1.80. The first-order valence-electron chi connectivity index (χ1n) is 6.32. The minimum atomic E-state index is -0.192. The van der Waals surface area contributed by atoms with Gasteiger partial charge in [0.05, 0.1) is 0 Å². The van der Waals surface area contributed by atoms with Crippen molar-refractivity contribution < 1.29 is 4.79 Å². The van der Waals surface area contributed by atoms with Gasteiger partial charge in [0.15, 0.2) is 5.82 Å². The molecule has 0 aliphatic carbocycles. The van der Waals surface area contributed by atoms with Crippen molar-refractivity contribution in [2.45, 2.75) is 6.54 Å². The van der Waals surface area contributed by atoms with E-state index in [2.05, 4.69) is 10.4 Å². The Kier molecular flexibility index (Phi) is 4.05. The van der Waals surface area contributed by atoms with Crippen molar-refractivity contribution in [1.29, 1.82) is 0 Å². The van der Waals surface area contributed by atoms with Crippen molar-refractivity contribution in [3.05, 3.63) is 41.6 Å². The van der Waals surface area contributed by atoms with Gasteiger partial charge in [-0.1, -0.05) is 6.07 Å². The van der Waals surface area contributed by atoms with Crippen LogP contribution in [0, 0.1) is 0 Å². The van der Waals surface area contributed by atoms with Crippen LogP contribution in [0.1, 0.15) is 15.9 Å². The summed E-state index contributed by atoms with van der Waals surface area (Å²) in [6.45, 7) is 0.335. The Bertz CT molecular complexity index is 618. The summed E-state index contributed by atoms with van der Waals surface area (Å²) in [4.78, 5) is 14.2. The van der Waals surface area contributed by atoms with Gasteiger partial charge in [0.2, 0.25) is 0 Å². The molecule has 0 unspecified atom stereocenters. The largest absolute Gasteiger partial charge is 0.378 e. The number of aromatic nitrogens is 2. The van der Waals surface area contributed by atoms with E-state index < -0.39 is 0 Å². The first kappa shape index (κ1) is 14.1. The third-order valence-electron chi connectivity index (χ3n) is 2.98. The normalized spacial score (nSPS) is 10.4.